The van der Waals surface area contributed by atoms with Crippen LogP contribution in [0, 0.1) is 11.8 Å². The maximum Gasteiger partial charge on any atom is 0.408 e. The molecule has 2 N–H and O–H groups in total. The highest BCUT2D eigenvalue weighted by Gasteiger charge is 2.32. The van der Waals surface area contributed by atoms with E-state index in [1.165, 1.54) is 6.42 Å². The van der Waals surface area contributed by atoms with Gasteiger partial charge in [-0.05, 0) is 55.7 Å². The van der Waals surface area contributed by atoms with Gasteiger partial charge in [0.15, 0.2) is 0 Å². The average molecular weight is 408 g/mol. The number of halogens is 1. The Bertz CT molecular complexity index is 674. The van der Waals surface area contributed by atoms with Crippen LogP contribution in [-0.4, -0.2) is 29.3 Å². The molecule has 28 heavy (non-hydrogen) atoms. The van der Waals surface area contributed by atoms with Crippen molar-refractivity contribution in [1.29, 1.82) is 0 Å². The quantitative estimate of drug-likeness (QED) is 0.651. The van der Waals surface area contributed by atoms with Gasteiger partial charge in [0.05, 0.1) is 0 Å². The molecule has 1 amide bonds. The first-order valence-electron chi connectivity index (χ1n) is 10.5. The van der Waals surface area contributed by atoms with Crippen molar-refractivity contribution in [1.82, 2.24) is 5.32 Å². The topological polar surface area (TPSA) is 75.6 Å². The fourth-order valence-corrected chi connectivity index (χ4v) is 4.86. The summed E-state index contributed by atoms with van der Waals surface area (Å²) in [4.78, 5) is 24.0. The molecule has 2 fully saturated rings. The third kappa shape index (κ3) is 6.13. The molecule has 0 saturated heterocycles. The minimum absolute atomic E-state index is 0.178. The Morgan fingerprint density at radius 3 is 2.64 bits per heavy atom. The van der Waals surface area contributed by atoms with Gasteiger partial charge in [-0.2, -0.15) is 0 Å². The predicted molar refractivity (Wildman–Crippen MR) is 109 cm³/mol. The molecule has 0 bridgehead atoms. The predicted octanol–water partition coefficient (Wildman–Crippen LogP) is 5.20. The molecule has 0 heterocycles. The first-order valence-corrected chi connectivity index (χ1v) is 10.8. The molecule has 2 saturated carbocycles. The molecule has 0 aromatic heterocycles. The van der Waals surface area contributed by atoms with Crippen molar-refractivity contribution in [2.75, 3.05) is 0 Å². The largest absolute Gasteiger partial charge is 0.480 e. The van der Waals surface area contributed by atoms with Crippen LogP contribution < -0.4 is 5.32 Å². The van der Waals surface area contributed by atoms with E-state index in [2.05, 4.69) is 5.32 Å². The molecular weight excluding hydrogens is 378 g/mol. The summed E-state index contributed by atoms with van der Waals surface area (Å²) in [6, 6.07) is 6.88. The molecule has 0 radical (unpaired) electrons. The van der Waals surface area contributed by atoms with Crippen LogP contribution in [0.2, 0.25) is 5.02 Å². The van der Waals surface area contributed by atoms with Gasteiger partial charge in [0.1, 0.15) is 12.1 Å². The van der Waals surface area contributed by atoms with Crippen molar-refractivity contribution in [3.63, 3.8) is 0 Å². The van der Waals surface area contributed by atoms with Crippen molar-refractivity contribution in [2.24, 2.45) is 11.8 Å². The Hall–Kier alpha value is -1.75. The minimum Gasteiger partial charge on any atom is -0.480 e. The fraction of sp³-hybridized carbons (Fsp3) is 0.636. The van der Waals surface area contributed by atoms with Gasteiger partial charge in [-0.3, -0.25) is 0 Å². The van der Waals surface area contributed by atoms with Crippen LogP contribution in [0.5, 0.6) is 0 Å². The number of hydrogen-bond donors (Lipinski definition) is 2. The molecule has 1 aromatic rings. The monoisotopic (exact) mass is 407 g/mol. The van der Waals surface area contributed by atoms with Crippen LogP contribution in [0.3, 0.4) is 0 Å². The maximum atomic E-state index is 12.4. The van der Waals surface area contributed by atoms with Crippen LogP contribution in [0.1, 0.15) is 63.4 Å². The number of alkyl carbamates (subject to hydrolysis) is 1. The second-order valence-corrected chi connectivity index (χ2v) is 8.68. The van der Waals surface area contributed by atoms with Crippen molar-refractivity contribution >= 4 is 23.7 Å². The number of carbonyl (C=O) groups excluding carboxylic acids is 1. The first kappa shape index (κ1) is 21.0. The number of nitrogens with one attached hydrogen (secondary N) is 1. The van der Waals surface area contributed by atoms with Gasteiger partial charge in [0.25, 0.3) is 0 Å². The van der Waals surface area contributed by atoms with E-state index in [1.54, 1.807) is 0 Å². The van der Waals surface area contributed by atoms with Gasteiger partial charge in [0.2, 0.25) is 0 Å². The molecule has 154 valence electrons. The smallest absolute Gasteiger partial charge is 0.408 e. The van der Waals surface area contributed by atoms with E-state index in [0.717, 1.165) is 56.9 Å². The summed E-state index contributed by atoms with van der Waals surface area (Å²) in [6.07, 6.45) is 8.94. The van der Waals surface area contributed by atoms with Crippen LogP contribution in [-0.2, 0) is 16.0 Å². The lowest BCUT2D eigenvalue weighted by Gasteiger charge is -2.26. The lowest BCUT2D eigenvalue weighted by molar-refractivity contribution is -0.140. The zero-order valence-electron chi connectivity index (χ0n) is 16.2. The number of carboxylic acids is 1. The maximum absolute atomic E-state index is 12.4. The number of ether oxygens (including phenoxy) is 1. The standard InChI is InChI=1S/C22H30ClNO4/c23-18-10-4-8-16(13-18)12-17-9-5-11-20(17)28-22(27)24-19(21(25)26)14-15-6-2-1-3-7-15/h4,8,10,13,15,17,19-20H,1-3,5-7,9,11-12,14H2,(H,24,27)(H,25,26)/t17?,19-,20?/m0/s1. The zero-order chi connectivity index (χ0) is 19.9. The second-order valence-electron chi connectivity index (χ2n) is 8.24. The summed E-state index contributed by atoms with van der Waals surface area (Å²) in [7, 11) is 0. The third-order valence-corrected chi connectivity index (χ3v) is 6.35. The van der Waals surface area contributed by atoms with E-state index in [9.17, 15) is 14.7 Å². The van der Waals surface area contributed by atoms with Gasteiger partial charge in [-0.15, -0.1) is 0 Å². The Balaban J connectivity index is 1.52. The van der Waals surface area contributed by atoms with E-state index in [0.29, 0.717) is 17.4 Å². The summed E-state index contributed by atoms with van der Waals surface area (Å²) in [5.74, 6) is -0.368. The number of carbonyl (C=O) groups is 2. The Morgan fingerprint density at radius 2 is 1.93 bits per heavy atom. The lowest BCUT2D eigenvalue weighted by Crippen LogP contribution is -2.44. The highest BCUT2D eigenvalue weighted by Crippen LogP contribution is 2.32. The van der Waals surface area contributed by atoms with E-state index < -0.39 is 18.1 Å². The average Bonchev–Trinajstić information content (AvgIpc) is 3.08. The van der Waals surface area contributed by atoms with E-state index in [4.69, 9.17) is 16.3 Å². The van der Waals surface area contributed by atoms with Crippen molar-refractivity contribution < 1.29 is 19.4 Å². The van der Waals surface area contributed by atoms with Crippen LogP contribution in [0.4, 0.5) is 4.79 Å². The van der Waals surface area contributed by atoms with E-state index >= 15 is 0 Å². The summed E-state index contributed by atoms with van der Waals surface area (Å²) >= 11 is 6.07. The molecule has 2 unspecified atom stereocenters. The third-order valence-electron chi connectivity index (χ3n) is 6.12. The zero-order valence-corrected chi connectivity index (χ0v) is 17.0. The van der Waals surface area contributed by atoms with Crippen LogP contribution >= 0.6 is 11.6 Å². The van der Waals surface area contributed by atoms with E-state index in [1.807, 2.05) is 24.3 Å². The first-order chi connectivity index (χ1) is 13.5. The van der Waals surface area contributed by atoms with Crippen LogP contribution in [0.15, 0.2) is 24.3 Å². The highest BCUT2D eigenvalue weighted by molar-refractivity contribution is 6.30. The Morgan fingerprint density at radius 1 is 1.14 bits per heavy atom. The molecule has 3 rings (SSSR count). The molecule has 1 aromatic carbocycles. The summed E-state index contributed by atoms with van der Waals surface area (Å²) < 4.78 is 5.65. The molecular formula is C22H30ClNO4. The summed E-state index contributed by atoms with van der Waals surface area (Å²) in [6.45, 7) is 0. The highest BCUT2D eigenvalue weighted by atomic mass is 35.5. The van der Waals surface area contributed by atoms with Gasteiger partial charge in [0, 0.05) is 10.9 Å². The number of rotatable bonds is 7. The van der Waals surface area contributed by atoms with Crippen molar-refractivity contribution in [3.05, 3.63) is 34.9 Å². The molecule has 2 aliphatic rings. The normalized spacial score (nSPS) is 23.9. The van der Waals surface area contributed by atoms with Crippen LogP contribution in [0.25, 0.3) is 0 Å². The van der Waals surface area contributed by atoms with Crippen molar-refractivity contribution in [3.8, 4) is 0 Å². The number of hydrogen-bond acceptors (Lipinski definition) is 3. The molecule has 0 spiro atoms. The fourth-order valence-electron chi connectivity index (χ4n) is 4.65. The minimum atomic E-state index is -0.982. The molecule has 0 aliphatic heterocycles. The second kappa shape index (κ2) is 10.1. The van der Waals surface area contributed by atoms with Gasteiger partial charge < -0.3 is 15.2 Å². The lowest BCUT2D eigenvalue weighted by atomic mass is 9.85. The van der Waals surface area contributed by atoms with Gasteiger partial charge in [-0.1, -0.05) is 55.8 Å². The summed E-state index contributed by atoms with van der Waals surface area (Å²) in [5, 5.41) is 12.8. The van der Waals surface area contributed by atoms with E-state index in [-0.39, 0.29) is 12.0 Å². The Kier molecular flexibility index (Phi) is 7.60. The number of carboxylic acid groups (broad SMARTS) is 1. The molecule has 2 aliphatic carbocycles. The SMILES string of the molecule is O=C(N[C@@H](CC1CCCCC1)C(=O)O)OC1CCCC1Cc1cccc(Cl)c1. The molecule has 5 nitrogen and oxygen atoms in total. The van der Waals surface area contributed by atoms with Gasteiger partial charge in [-0.25, -0.2) is 9.59 Å². The number of aliphatic carboxylic acids is 1. The summed E-state index contributed by atoms with van der Waals surface area (Å²) in [5.41, 5.74) is 1.13. The molecule has 3 atom stereocenters. The molecule has 6 heteroatoms. The number of benzene rings is 1. The van der Waals surface area contributed by atoms with Crippen molar-refractivity contribution in [2.45, 2.75) is 76.4 Å². The van der Waals surface area contributed by atoms with Gasteiger partial charge >= 0.3 is 12.1 Å². The number of amides is 1. The Labute approximate surface area is 171 Å².